The van der Waals surface area contributed by atoms with E-state index in [1.807, 2.05) is 12.1 Å². The van der Waals surface area contributed by atoms with Gasteiger partial charge in [0.15, 0.2) is 0 Å². The average Bonchev–Trinajstić information content (AvgIpc) is 3.61. The number of halogens is 1. The normalized spacial score (nSPS) is 15.6. The van der Waals surface area contributed by atoms with Crippen LogP contribution >= 0.6 is 11.6 Å². The number of aliphatic hydroxyl groups is 1. The third-order valence-electron chi connectivity index (χ3n) is 11.3. The number of rotatable bonds is 15. The molecule has 12 heteroatoms. The summed E-state index contributed by atoms with van der Waals surface area (Å²) in [5.41, 5.74) is 8.99. The Labute approximate surface area is 343 Å². The Morgan fingerprint density at radius 1 is 0.948 bits per heavy atom. The van der Waals surface area contributed by atoms with Gasteiger partial charge in [0, 0.05) is 62.2 Å². The maximum atomic E-state index is 11.9. The fourth-order valence-corrected chi connectivity index (χ4v) is 7.99. The molecule has 4 N–H and O–H groups in total. The first-order valence-corrected chi connectivity index (χ1v) is 19.6. The van der Waals surface area contributed by atoms with Crippen LogP contribution in [0.25, 0.3) is 22.3 Å². The second-order valence-corrected chi connectivity index (χ2v) is 16.0. The number of hydrogen-bond donors (Lipinski definition) is 4. The topological polar surface area (TPSA) is 157 Å². The van der Waals surface area contributed by atoms with Gasteiger partial charge in [-0.3, -0.25) is 24.8 Å². The molecule has 2 fully saturated rings. The van der Waals surface area contributed by atoms with Gasteiger partial charge < -0.3 is 25.0 Å². The third-order valence-corrected chi connectivity index (χ3v) is 11.6. The number of carboxylic acids is 1. The summed E-state index contributed by atoms with van der Waals surface area (Å²) in [5.74, 6) is -0.276. The number of amides is 1. The van der Waals surface area contributed by atoms with Crippen LogP contribution in [-0.2, 0) is 35.9 Å². The second kappa shape index (κ2) is 17.0. The van der Waals surface area contributed by atoms with Crippen LogP contribution in [0.2, 0.25) is 5.02 Å². The molecule has 11 nitrogen and oxygen atoms in total. The number of nitrogens with one attached hydrogen (secondary N) is 2. The minimum Gasteiger partial charge on any atom is -0.488 e. The van der Waals surface area contributed by atoms with Crippen LogP contribution in [0.3, 0.4) is 0 Å². The molecule has 58 heavy (non-hydrogen) atoms. The molecular formula is C46H46ClN5O6. The van der Waals surface area contributed by atoms with E-state index in [-0.39, 0.29) is 31.2 Å². The molecule has 7 rings (SSSR count). The number of hydrogen-bond acceptors (Lipinski definition) is 9. The van der Waals surface area contributed by atoms with Gasteiger partial charge in [-0.05, 0) is 83.8 Å². The molecule has 2 aliphatic heterocycles. The van der Waals surface area contributed by atoms with Crippen LogP contribution in [0.15, 0.2) is 91.3 Å². The molecule has 3 heterocycles. The largest absolute Gasteiger partial charge is 0.488 e. The maximum Gasteiger partial charge on any atom is 0.326 e. The number of aliphatic hydroxyl groups excluding tert-OH is 1. The van der Waals surface area contributed by atoms with Crippen LogP contribution in [-0.4, -0.2) is 62.7 Å². The summed E-state index contributed by atoms with van der Waals surface area (Å²) < 4.78 is 12.5. The predicted octanol–water partition coefficient (Wildman–Crippen LogP) is 7.11. The van der Waals surface area contributed by atoms with Gasteiger partial charge in [-0.1, -0.05) is 72.3 Å². The number of benzene rings is 4. The minimum atomic E-state index is -1.59. The van der Waals surface area contributed by atoms with Crippen molar-refractivity contribution in [1.29, 1.82) is 5.26 Å². The number of likely N-dealkylation sites (tertiary alicyclic amines) is 1. The van der Waals surface area contributed by atoms with E-state index in [1.54, 1.807) is 24.4 Å². The lowest BCUT2D eigenvalue weighted by atomic mass is 9.87. The van der Waals surface area contributed by atoms with Gasteiger partial charge in [0.25, 0.3) is 0 Å². The first kappa shape index (κ1) is 40.4. The van der Waals surface area contributed by atoms with Crippen molar-refractivity contribution >= 4 is 23.5 Å². The molecule has 1 spiro atoms. The summed E-state index contributed by atoms with van der Waals surface area (Å²) >= 11 is 6.77. The highest BCUT2D eigenvalue weighted by Gasteiger charge is 2.47. The van der Waals surface area contributed by atoms with Gasteiger partial charge in [0.1, 0.15) is 36.3 Å². The Kier molecular flexibility index (Phi) is 11.8. The fraction of sp³-hybridized carbons (Fsp3) is 0.304. The van der Waals surface area contributed by atoms with Crippen molar-refractivity contribution in [3.05, 3.63) is 135 Å². The van der Waals surface area contributed by atoms with Crippen molar-refractivity contribution in [3.8, 4) is 39.8 Å². The van der Waals surface area contributed by atoms with Crippen molar-refractivity contribution in [2.45, 2.75) is 71.0 Å². The third kappa shape index (κ3) is 8.71. The SMILES string of the molecule is Cc1c(COc2cc(OCc3cncc(C#N)c3)c(CN[C@@](C)(CO)C(=O)O)cc2Cl)cccc1-c1cccc(-c2ccc(CN3CC4(CCC(=O)N4)C3)cc2)c1C. The lowest BCUT2D eigenvalue weighted by Crippen LogP contribution is -2.66. The van der Waals surface area contributed by atoms with Gasteiger partial charge in [-0.25, -0.2) is 0 Å². The Bertz CT molecular complexity index is 2390. The van der Waals surface area contributed by atoms with E-state index in [9.17, 15) is 25.1 Å². The highest BCUT2D eigenvalue weighted by molar-refractivity contribution is 6.32. The summed E-state index contributed by atoms with van der Waals surface area (Å²) in [5, 5.41) is 35.2. The molecule has 298 valence electrons. The Balaban J connectivity index is 1.07. The van der Waals surface area contributed by atoms with E-state index in [0.29, 0.717) is 39.6 Å². The van der Waals surface area contributed by atoms with Crippen molar-refractivity contribution < 1.29 is 29.3 Å². The van der Waals surface area contributed by atoms with E-state index in [2.05, 4.69) is 89.0 Å². The number of carboxylic acid groups (broad SMARTS) is 1. The summed E-state index contributed by atoms with van der Waals surface area (Å²) in [7, 11) is 0. The van der Waals surface area contributed by atoms with Gasteiger partial charge in [0.2, 0.25) is 5.91 Å². The van der Waals surface area contributed by atoms with Crippen molar-refractivity contribution in [1.82, 2.24) is 20.5 Å². The fourth-order valence-electron chi connectivity index (χ4n) is 7.74. The number of carbonyl (C=O) groups is 2. The zero-order chi connectivity index (χ0) is 41.0. The van der Waals surface area contributed by atoms with Crippen LogP contribution in [0, 0.1) is 25.2 Å². The van der Waals surface area contributed by atoms with Crippen LogP contribution in [0.1, 0.15) is 58.7 Å². The first-order valence-electron chi connectivity index (χ1n) is 19.2. The predicted molar refractivity (Wildman–Crippen MR) is 221 cm³/mol. The standard InChI is InChI=1S/C46H46ClN5O6/c1-29-35(25-58-42-18-41(57-24-33-16-32(19-48)20-49-21-33)36(17-40(42)47)22-50-45(3,28-53)44(55)56)6-4-8-38(29)39-9-5-7-37(30(39)2)34-12-10-31(11-13-34)23-52-26-46(27-52)15-14-43(54)51-46/h4-13,16-18,20-21,50,53H,14-15,22-28H2,1-3H3,(H,51,54)(H,55,56)/t45-/m0/s1. The smallest absolute Gasteiger partial charge is 0.326 e. The summed E-state index contributed by atoms with van der Waals surface area (Å²) in [6.45, 7) is 7.99. The summed E-state index contributed by atoms with van der Waals surface area (Å²) in [4.78, 5) is 30.1. The average molecular weight is 800 g/mol. The van der Waals surface area contributed by atoms with E-state index < -0.39 is 18.1 Å². The quantitative estimate of drug-likeness (QED) is 0.0861. The molecule has 0 radical (unpaired) electrons. The Morgan fingerprint density at radius 3 is 2.34 bits per heavy atom. The zero-order valence-electron chi connectivity index (χ0n) is 32.8. The van der Waals surface area contributed by atoms with E-state index in [0.717, 1.165) is 59.4 Å². The van der Waals surface area contributed by atoms with Gasteiger partial charge in [0.05, 0.1) is 22.7 Å². The van der Waals surface area contributed by atoms with Crippen molar-refractivity contribution in [2.75, 3.05) is 19.7 Å². The number of pyridine rings is 1. The number of ether oxygens (including phenoxy) is 2. The Hall–Kier alpha value is -5.77. The molecule has 2 aliphatic rings. The molecule has 4 aromatic carbocycles. The molecule has 1 aromatic heterocycles. The lowest BCUT2D eigenvalue weighted by molar-refractivity contribution is -0.146. The Morgan fingerprint density at radius 2 is 1.66 bits per heavy atom. The second-order valence-electron chi connectivity index (χ2n) is 15.5. The van der Waals surface area contributed by atoms with E-state index >= 15 is 0 Å². The van der Waals surface area contributed by atoms with Crippen LogP contribution in [0.5, 0.6) is 11.5 Å². The summed E-state index contributed by atoms with van der Waals surface area (Å²) in [6, 6.07) is 28.4. The lowest BCUT2D eigenvalue weighted by Gasteiger charge is -2.48. The molecule has 0 bridgehead atoms. The molecule has 2 saturated heterocycles. The number of aliphatic carboxylic acids is 1. The molecular weight excluding hydrogens is 754 g/mol. The van der Waals surface area contributed by atoms with Crippen LogP contribution < -0.4 is 20.1 Å². The molecule has 0 saturated carbocycles. The molecule has 1 amide bonds. The molecule has 5 aromatic rings. The van der Waals surface area contributed by atoms with E-state index in [4.69, 9.17) is 21.1 Å². The van der Waals surface area contributed by atoms with E-state index in [1.165, 1.54) is 24.2 Å². The number of carbonyl (C=O) groups excluding carboxylic acids is 1. The number of nitrogens with zero attached hydrogens (tertiary/aromatic N) is 3. The highest BCUT2D eigenvalue weighted by Crippen LogP contribution is 2.38. The zero-order valence-corrected chi connectivity index (χ0v) is 33.5. The first-order chi connectivity index (χ1) is 27.9. The number of nitriles is 1. The van der Waals surface area contributed by atoms with Gasteiger partial charge in [-0.2, -0.15) is 5.26 Å². The number of aromatic nitrogens is 1. The molecule has 0 unspecified atom stereocenters. The molecule has 1 atom stereocenters. The molecule has 0 aliphatic carbocycles. The van der Waals surface area contributed by atoms with Crippen molar-refractivity contribution in [2.24, 2.45) is 0 Å². The van der Waals surface area contributed by atoms with Gasteiger partial charge >= 0.3 is 5.97 Å². The summed E-state index contributed by atoms with van der Waals surface area (Å²) in [6.07, 6.45) is 4.62. The highest BCUT2D eigenvalue weighted by atomic mass is 35.5. The monoisotopic (exact) mass is 799 g/mol. The van der Waals surface area contributed by atoms with Gasteiger partial charge in [-0.15, -0.1) is 0 Å². The maximum absolute atomic E-state index is 11.9. The van der Waals surface area contributed by atoms with Crippen LogP contribution in [0.4, 0.5) is 0 Å². The minimum absolute atomic E-state index is 0.0197. The van der Waals surface area contributed by atoms with Crippen molar-refractivity contribution in [3.63, 3.8) is 0 Å².